The summed E-state index contributed by atoms with van der Waals surface area (Å²) in [6, 6.07) is 6.11. The first-order valence-electron chi connectivity index (χ1n) is 6.35. The Morgan fingerprint density at radius 2 is 1.90 bits per heavy atom. The van der Waals surface area contributed by atoms with Crippen LogP contribution < -0.4 is 10.6 Å². The maximum absolute atomic E-state index is 10.6. The second kappa shape index (κ2) is 7.39. The molecule has 0 saturated carbocycles. The summed E-state index contributed by atoms with van der Waals surface area (Å²) >= 11 is 5.98. The summed E-state index contributed by atoms with van der Waals surface area (Å²) in [5, 5.41) is 17.2. The second-order valence-electron chi connectivity index (χ2n) is 4.20. The first-order chi connectivity index (χ1) is 10.2. The third kappa shape index (κ3) is 4.57. The fourth-order valence-electron chi connectivity index (χ4n) is 1.66. The maximum Gasteiger partial charge on any atom is 0.271 e. The average molecular weight is 308 g/mol. The molecule has 0 spiro atoms. The fraction of sp³-hybridized carbons (Fsp3) is 0.231. The number of benzene rings is 1. The highest BCUT2D eigenvalue weighted by Gasteiger charge is 2.08. The molecule has 1 aromatic carbocycles. The van der Waals surface area contributed by atoms with E-state index in [-0.39, 0.29) is 5.69 Å². The molecular formula is C13H14ClN5O2. The number of halogens is 1. The summed E-state index contributed by atoms with van der Waals surface area (Å²) in [4.78, 5) is 18.2. The molecule has 0 bridgehead atoms. The number of anilines is 2. The second-order valence-corrected chi connectivity index (χ2v) is 4.61. The Kier molecular flexibility index (Phi) is 5.28. The third-order valence-electron chi connectivity index (χ3n) is 2.68. The van der Waals surface area contributed by atoms with E-state index < -0.39 is 4.92 Å². The minimum Gasteiger partial charge on any atom is -0.384 e. The van der Waals surface area contributed by atoms with Gasteiger partial charge in [0.05, 0.1) is 15.6 Å². The number of nitro benzene ring substituents is 1. The Balaban J connectivity index is 1.75. The summed E-state index contributed by atoms with van der Waals surface area (Å²) in [6.45, 7) is 1.39. The SMILES string of the molecule is O=[N+]([O-])c1ccc(NCCCNc2ncccn2)c(Cl)c1. The van der Waals surface area contributed by atoms with Crippen molar-refractivity contribution in [2.75, 3.05) is 23.7 Å². The molecule has 0 aliphatic carbocycles. The molecule has 0 radical (unpaired) electrons. The van der Waals surface area contributed by atoms with Crippen LogP contribution >= 0.6 is 11.6 Å². The molecule has 0 unspecified atom stereocenters. The van der Waals surface area contributed by atoms with Crippen LogP contribution in [0.1, 0.15) is 6.42 Å². The molecule has 1 aromatic heterocycles. The standard InChI is InChI=1S/C13H14ClN5O2/c14-11-9-10(19(20)21)3-4-12(11)15-5-1-6-16-13-17-7-2-8-18-13/h2-4,7-9,15H,1,5-6H2,(H,16,17,18). The minimum atomic E-state index is -0.473. The summed E-state index contributed by atoms with van der Waals surface area (Å²) in [5.74, 6) is 0.589. The van der Waals surface area contributed by atoms with Gasteiger partial charge in [-0.1, -0.05) is 11.6 Å². The zero-order valence-corrected chi connectivity index (χ0v) is 11.9. The van der Waals surface area contributed by atoms with Gasteiger partial charge in [0.15, 0.2) is 0 Å². The van der Waals surface area contributed by atoms with Crippen molar-refractivity contribution in [2.45, 2.75) is 6.42 Å². The molecule has 0 aliphatic rings. The van der Waals surface area contributed by atoms with Gasteiger partial charge in [-0.15, -0.1) is 0 Å². The van der Waals surface area contributed by atoms with Crippen molar-refractivity contribution in [3.05, 3.63) is 51.8 Å². The van der Waals surface area contributed by atoms with Gasteiger partial charge < -0.3 is 10.6 Å². The minimum absolute atomic E-state index is 0.0200. The molecule has 2 aromatic rings. The van der Waals surface area contributed by atoms with Crippen molar-refractivity contribution in [3.8, 4) is 0 Å². The predicted octanol–water partition coefficient (Wildman–Crippen LogP) is 2.95. The molecule has 8 heteroatoms. The molecule has 2 N–H and O–H groups in total. The van der Waals surface area contributed by atoms with E-state index in [4.69, 9.17) is 11.6 Å². The summed E-state index contributed by atoms with van der Waals surface area (Å²) in [5.41, 5.74) is 0.659. The van der Waals surface area contributed by atoms with Crippen LogP contribution in [0.2, 0.25) is 5.02 Å². The molecule has 0 saturated heterocycles. The average Bonchev–Trinajstić information content (AvgIpc) is 2.49. The number of aromatic nitrogens is 2. The first kappa shape index (κ1) is 15.0. The number of hydrogen-bond acceptors (Lipinski definition) is 6. The highest BCUT2D eigenvalue weighted by atomic mass is 35.5. The Labute approximate surface area is 126 Å². The fourth-order valence-corrected chi connectivity index (χ4v) is 1.90. The van der Waals surface area contributed by atoms with Crippen molar-refractivity contribution >= 4 is 28.9 Å². The van der Waals surface area contributed by atoms with Crippen molar-refractivity contribution in [3.63, 3.8) is 0 Å². The quantitative estimate of drug-likeness (QED) is 0.464. The number of nitrogens with zero attached hydrogens (tertiary/aromatic N) is 3. The van der Waals surface area contributed by atoms with Gasteiger partial charge in [0.1, 0.15) is 0 Å². The molecular weight excluding hydrogens is 294 g/mol. The van der Waals surface area contributed by atoms with E-state index in [1.165, 1.54) is 12.1 Å². The molecule has 2 rings (SSSR count). The number of nitrogens with one attached hydrogen (secondary N) is 2. The van der Waals surface area contributed by atoms with E-state index >= 15 is 0 Å². The first-order valence-corrected chi connectivity index (χ1v) is 6.73. The molecule has 7 nitrogen and oxygen atoms in total. The largest absolute Gasteiger partial charge is 0.384 e. The van der Waals surface area contributed by atoms with Crippen LogP contribution in [0, 0.1) is 10.1 Å². The Hall–Kier alpha value is -2.41. The van der Waals surface area contributed by atoms with Crippen LogP contribution in [0.5, 0.6) is 0 Å². The molecule has 21 heavy (non-hydrogen) atoms. The lowest BCUT2D eigenvalue weighted by molar-refractivity contribution is -0.384. The Morgan fingerprint density at radius 3 is 2.57 bits per heavy atom. The van der Waals surface area contributed by atoms with Crippen LogP contribution in [0.25, 0.3) is 0 Å². The summed E-state index contributed by atoms with van der Waals surface area (Å²) < 4.78 is 0. The molecule has 0 fully saturated rings. The lowest BCUT2D eigenvalue weighted by Crippen LogP contribution is -2.10. The number of nitro groups is 1. The zero-order chi connectivity index (χ0) is 15.1. The maximum atomic E-state index is 10.6. The monoisotopic (exact) mass is 307 g/mol. The van der Waals surface area contributed by atoms with E-state index in [2.05, 4.69) is 20.6 Å². The highest BCUT2D eigenvalue weighted by Crippen LogP contribution is 2.26. The van der Waals surface area contributed by atoms with Gasteiger partial charge in [0.25, 0.3) is 5.69 Å². The van der Waals surface area contributed by atoms with Gasteiger partial charge in [0, 0.05) is 37.6 Å². The molecule has 0 amide bonds. The molecule has 1 heterocycles. The topological polar surface area (TPSA) is 93.0 Å². The predicted molar refractivity (Wildman–Crippen MR) is 81.7 cm³/mol. The van der Waals surface area contributed by atoms with E-state index in [0.717, 1.165) is 6.42 Å². The number of non-ortho nitro benzene ring substituents is 1. The van der Waals surface area contributed by atoms with Gasteiger partial charge in [0.2, 0.25) is 5.95 Å². The van der Waals surface area contributed by atoms with Gasteiger partial charge in [-0.3, -0.25) is 10.1 Å². The van der Waals surface area contributed by atoms with Gasteiger partial charge in [-0.05, 0) is 18.6 Å². The smallest absolute Gasteiger partial charge is 0.271 e. The lowest BCUT2D eigenvalue weighted by atomic mass is 10.2. The van der Waals surface area contributed by atoms with Crippen LogP contribution in [0.3, 0.4) is 0 Å². The highest BCUT2D eigenvalue weighted by molar-refractivity contribution is 6.33. The van der Waals surface area contributed by atoms with E-state index in [0.29, 0.717) is 29.7 Å². The van der Waals surface area contributed by atoms with Crippen LogP contribution in [-0.2, 0) is 0 Å². The summed E-state index contributed by atoms with van der Waals surface area (Å²) in [7, 11) is 0. The van der Waals surface area contributed by atoms with Crippen molar-refractivity contribution < 1.29 is 4.92 Å². The Bertz CT molecular complexity index is 609. The van der Waals surface area contributed by atoms with Crippen molar-refractivity contribution in [1.29, 1.82) is 0 Å². The number of hydrogen-bond donors (Lipinski definition) is 2. The van der Waals surface area contributed by atoms with Crippen molar-refractivity contribution in [1.82, 2.24) is 9.97 Å². The van der Waals surface area contributed by atoms with Crippen LogP contribution in [0.15, 0.2) is 36.7 Å². The van der Waals surface area contributed by atoms with E-state index in [9.17, 15) is 10.1 Å². The van der Waals surface area contributed by atoms with E-state index in [1.807, 2.05) is 0 Å². The van der Waals surface area contributed by atoms with Crippen LogP contribution in [-0.4, -0.2) is 28.0 Å². The van der Waals surface area contributed by atoms with Crippen molar-refractivity contribution in [2.24, 2.45) is 0 Å². The van der Waals surface area contributed by atoms with Crippen LogP contribution in [0.4, 0.5) is 17.3 Å². The number of rotatable bonds is 7. The normalized spacial score (nSPS) is 10.1. The van der Waals surface area contributed by atoms with Gasteiger partial charge in [-0.25, -0.2) is 9.97 Å². The molecule has 110 valence electrons. The molecule has 0 aliphatic heterocycles. The Morgan fingerprint density at radius 1 is 1.19 bits per heavy atom. The van der Waals surface area contributed by atoms with Gasteiger partial charge in [-0.2, -0.15) is 0 Å². The molecule has 0 atom stereocenters. The van der Waals surface area contributed by atoms with E-state index in [1.54, 1.807) is 24.5 Å². The lowest BCUT2D eigenvalue weighted by Gasteiger charge is -2.08. The third-order valence-corrected chi connectivity index (χ3v) is 2.99. The summed E-state index contributed by atoms with van der Waals surface area (Å²) in [6.07, 6.45) is 4.17. The van der Waals surface area contributed by atoms with Gasteiger partial charge >= 0.3 is 0 Å². The zero-order valence-electron chi connectivity index (χ0n) is 11.1.